The number of allylic oxidation sites excluding steroid dienone is 12. The van der Waals surface area contributed by atoms with E-state index in [0.29, 0.717) is 19.4 Å². The van der Waals surface area contributed by atoms with E-state index in [2.05, 4.69) is 86.8 Å². The van der Waals surface area contributed by atoms with Crippen molar-refractivity contribution < 1.29 is 37.6 Å². The monoisotopic (exact) mass is 848 g/mol. The summed E-state index contributed by atoms with van der Waals surface area (Å²) in [5.41, 5.74) is 0. The van der Waals surface area contributed by atoms with Crippen molar-refractivity contribution in [3.8, 4) is 0 Å². The average Bonchev–Trinajstić information content (AvgIpc) is 3.20. The Labute approximate surface area is 361 Å². The summed E-state index contributed by atoms with van der Waals surface area (Å²) in [5.74, 6) is -0.876. The maximum atomic E-state index is 12.7. The molecule has 0 aromatic heterocycles. The van der Waals surface area contributed by atoms with Gasteiger partial charge in [-0.15, -0.1) is 0 Å². The fourth-order valence-corrected chi connectivity index (χ4v) is 6.69. The Morgan fingerprint density at radius 3 is 1.51 bits per heavy atom. The molecule has 2 unspecified atom stereocenters. The number of phosphoric acid groups is 1. The normalized spacial score (nSPS) is 14.0. The predicted octanol–water partition coefficient (Wildman–Crippen LogP) is 13.7. The van der Waals surface area contributed by atoms with Gasteiger partial charge in [0.25, 0.3) is 0 Å². The van der Waals surface area contributed by atoms with Gasteiger partial charge in [0, 0.05) is 19.4 Å². The fraction of sp³-hybridized carbons (Fsp3) is 0.714. The number of likely N-dealkylation sites (N-methyl/N-ethyl adjacent to an activating group) is 1. The van der Waals surface area contributed by atoms with Gasteiger partial charge in [-0.1, -0.05) is 164 Å². The summed E-state index contributed by atoms with van der Waals surface area (Å²) in [6.07, 6.45) is 52.4. The third-order valence-electron chi connectivity index (χ3n) is 9.50. The lowest BCUT2D eigenvalue weighted by atomic mass is 10.1. The lowest BCUT2D eigenvalue weighted by molar-refractivity contribution is -0.161. The molecule has 0 fully saturated rings. The van der Waals surface area contributed by atoms with Gasteiger partial charge in [-0.3, -0.25) is 18.6 Å². The zero-order valence-corrected chi connectivity index (χ0v) is 38.8. The van der Waals surface area contributed by atoms with Gasteiger partial charge in [-0.25, -0.2) is 4.57 Å². The van der Waals surface area contributed by atoms with E-state index in [-0.39, 0.29) is 26.1 Å². The Morgan fingerprint density at radius 2 is 0.983 bits per heavy atom. The minimum Gasteiger partial charge on any atom is -0.462 e. The number of ether oxygens (including phenoxy) is 2. The Hall–Kier alpha value is -2.55. The van der Waals surface area contributed by atoms with Gasteiger partial charge in [-0.2, -0.15) is 0 Å². The molecular formula is C49H86NO8P. The molecule has 0 aliphatic heterocycles. The van der Waals surface area contributed by atoms with E-state index in [1.54, 1.807) is 0 Å². The third-order valence-corrected chi connectivity index (χ3v) is 10.5. The molecule has 2 atom stereocenters. The Morgan fingerprint density at radius 1 is 0.542 bits per heavy atom. The largest absolute Gasteiger partial charge is 0.472 e. The maximum absolute atomic E-state index is 12.7. The molecule has 10 heteroatoms. The number of nitrogens with zero attached hydrogens (tertiary/aromatic N) is 1. The highest BCUT2D eigenvalue weighted by atomic mass is 31.2. The highest BCUT2D eigenvalue weighted by Gasteiger charge is 2.26. The molecule has 0 amide bonds. The average molecular weight is 848 g/mol. The molecule has 0 aliphatic carbocycles. The Kier molecular flexibility index (Phi) is 41.7. The summed E-state index contributed by atoms with van der Waals surface area (Å²) in [7, 11) is -0.744. The molecule has 9 nitrogen and oxygen atoms in total. The first-order valence-electron chi connectivity index (χ1n) is 23.2. The number of esters is 2. The summed E-state index contributed by atoms with van der Waals surface area (Å²) in [5, 5.41) is 0. The van der Waals surface area contributed by atoms with E-state index < -0.39 is 32.5 Å². The van der Waals surface area contributed by atoms with Crippen molar-refractivity contribution in [3.63, 3.8) is 0 Å². The maximum Gasteiger partial charge on any atom is 0.472 e. The number of carbonyl (C=O) groups excluding carboxylic acids is 2. The van der Waals surface area contributed by atoms with E-state index in [9.17, 15) is 19.0 Å². The molecule has 0 spiro atoms. The fourth-order valence-electron chi connectivity index (χ4n) is 5.95. The van der Waals surface area contributed by atoms with Crippen molar-refractivity contribution in [1.29, 1.82) is 0 Å². The number of hydrogen-bond acceptors (Lipinski definition) is 8. The van der Waals surface area contributed by atoms with Crippen molar-refractivity contribution in [3.05, 3.63) is 72.9 Å². The second-order valence-corrected chi connectivity index (χ2v) is 17.0. The number of carbonyl (C=O) groups is 2. The van der Waals surface area contributed by atoms with E-state index in [0.717, 1.165) is 57.8 Å². The molecule has 0 aromatic carbocycles. The topological polar surface area (TPSA) is 112 Å². The van der Waals surface area contributed by atoms with Crippen LogP contribution in [0.1, 0.15) is 181 Å². The van der Waals surface area contributed by atoms with Crippen LogP contribution < -0.4 is 0 Å². The first-order chi connectivity index (χ1) is 28.7. The first kappa shape index (κ1) is 56.5. The molecule has 0 aromatic rings. The summed E-state index contributed by atoms with van der Waals surface area (Å²) >= 11 is 0. The van der Waals surface area contributed by atoms with Crippen molar-refractivity contribution >= 4 is 19.8 Å². The zero-order valence-electron chi connectivity index (χ0n) is 37.9. The van der Waals surface area contributed by atoms with Crippen LogP contribution in [0, 0.1) is 0 Å². The van der Waals surface area contributed by atoms with E-state index in [1.807, 2.05) is 19.0 Å². The SMILES string of the molecule is CC/C=C\C/C=C\C/C=C\C/C=C\C/C=C\CCCC(=O)OCC(COP(=O)(O)OCCN(C)C)OC(=O)CCCCCCCCCCC/C=C\CCCCCCCC. The van der Waals surface area contributed by atoms with Crippen LogP contribution in [0.25, 0.3) is 0 Å². The van der Waals surface area contributed by atoms with Gasteiger partial charge in [0.15, 0.2) is 6.10 Å². The summed E-state index contributed by atoms with van der Waals surface area (Å²) in [6, 6.07) is 0. The van der Waals surface area contributed by atoms with Gasteiger partial charge < -0.3 is 19.3 Å². The Balaban J connectivity index is 4.34. The Bertz CT molecular complexity index is 1210. The molecule has 0 rings (SSSR count). The zero-order chi connectivity index (χ0) is 43.3. The highest BCUT2D eigenvalue weighted by Crippen LogP contribution is 2.43. The summed E-state index contributed by atoms with van der Waals surface area (Å²) in [6.45, 7) is 4.14. The van der Waals surface area contributed by atoms with Crippen LogP contribution in [-0.4, -0.2) is 68.3 Å². The number of rotatable bonds is 42. The van der Waals surface area contributed by atoms with Crippen molar-refractivity contribution in [1.82, 2.24) is 4.90 Å². The molecule has 0 saturated carbocycles. The molecule has 0 bridgehead atoms. The molecular weight excluding hydrogens is 762 g/mol. The van der Waals surface area contributed by atoms with Gasteiger partial charge in [0.2, 0.25) is 0 Å². The number of phosphoric ester groups is 1. The standard InChI is InChI=1S/C49H86NO8P/c1-5-7-9-11-13-15-17-19-21-23-24-26-28-30-32-34-36-38-40-42-49(52)58-47(46-57-59(53,54)56-44-43-50(3)4)45-55-48(51)41-39-37-35-33-31-29-27-25-22-20-18-16-14-12-10-8-6-2/h8,10,14,16,19-22,27,29,33,35,47H,5-7,9,11-13,15,17-18,23-26,28,30-32,34,36-46H2,1-4H3,(H,53,54)/b10-8-,16-14-,21-19-,22-20-,29-27-,35-33-. The summed E-state index contributed by atoms with van der Waals surface area (Å²) < 4.78 is 33.5. The van der Waals surface area contributed by atoms with Crippen molar-refractivity contribution in [2.75, 3.05) is 40.5 Å². The van der Waals surface area contributed by atoms with Gasteiger partial charge in [0.05, 0.1) is 13.2 Å². The van der Waals surface area contributed by atoms with Crippen LogP contribution in [0.3, 0.4) is 0 Å². The molecule has 0 heterocycles. The van der Waals surface area contributed by atoms with E-state index in [4.69, 9.17) is 18.5 Å². The minimum atomic E-state index is -4.38. The molecule has 1 N–H and O–H groups in total. The van der Waals surface area contributed by atoms with E-state index >= 15 is 0 Å². The second-order valence-electron chi connectivity index (χ2n) is 15.5. The van der Waals surface area contributed by atoms with E-state index in [1.165, 1.54) is 83.5 Å². The molecule has 59 heavy (non-hydrogen) atoms. The van der Waals surface area contributed by atoms with Gasteiger partial charge in [-0.05, 0) is 91.1 Å². The van der Waals surface area contributed by atoms with Gasteiger partial charge in [0.1, 0.15) is 6.61 Å². The molecule has 0 saturated heterocycles. The van der Waals surface area contributed by atoms with Crippen LogP contribution in [0.5, 0.6) is 0 Å². The highest BCUT2D eigenvalue weighted by molar-refractivity contribution is 7.47. The first-order valence-corrected chi connectivity index (χ1v) is 24.7. The molecule has 340 valence electrons. The number of hydrogen-bond donors (Lipinski definition) is 1. The quantitative estimate of drug-likeness (QED) is 0.0278. The summed E-state index contributed by atoms with van der Waals surface area (Å²) in [4.78, 5) is 37.1. The lowest BCUT2D eigenvalue weighted by Crippen LogP contribution is -2.29. The second kappa shape index (κ2) is 43.5. The molecule has 0 radical (unpaired) electrons. The smallest absolute Gasteiger partial charge is 0.462 e. The number of unbranched alkanes of at least 4 members (excludes halogenated alkanes) is 16. The van der Waals surface area contributed by atoms with Crippen LogP contribution in [-0.2, 0) is 32.7 Å². The van der Waals surface area contributed by atoms with Crippen LogP contribution in [0.15, 0.2) is 72.9 Å². The van der Waals surface area contributed by atoms with Crippen LogP contribution in [0.2, 0.25) is 0 Å². The predicted molar refractivity (Wildman–Crippen MR) is 247 cm³/mol. The van der Waals surface area contributed by atoms with Gasteiger partial charge >= 0.3 is 19.8 Å². The van der Waals surface area contributed by atoms with Crippen molar-refractivity contribution in [2.45, 2.75) is 187 Å². The minimum absolute atomic E-state index is 0.00486. The third kappa shape index (κ3) is 44.8. The van der Waals surface area contributed by atoms with Crippen LogP contribution in [0.4, 0.5) is 0 Å². The lowest BCUT2D eigenvalue weighted by Gasteiger charge is -2.20. The van der Waals surface area contributed by atoms with Crippen LogP contribution >= 0.6 is 7.82 Å². The molecule has 0 aliphatic rings. The van der Waals surface area contributed by atoms with Crippen molar-refractivity contribution in [2.24, 2.45) is 0 Å².